The first-order valence-corrected chi connectivity index (χ1v) is 5.11. The molecule has 2 rings (SSSR count). The van der Waals surface area contributed by atoms with Gasteiger partial charge in [-0.05, 0) is 28.1 Å². The zero-order valence-corrected chi connectivity index (χ0v) is 9.31. The fourth-order valence-electron chi connectivity index (χ4n) is 1.11. The molecule has 2 aromatic rings. The Balaban J connectivity index is 2.11. The number of hydrogen-bond donors (Lipinski definition) is 1. The SMILES string of the molecule is O=C(Nc1ccccc1)n1cc(Br)cn1. The van der Waals surface area contributed by atoms with Gasteiger partial charge in [-0.25, -0.2) is 4.79 Å². The van der Waals surface area contributed by atoms with Crippen LogP contribution >= 0.6 is 15.9 Å². The Morgan fingerprint density at radius 2 is 2.07 bits per heavy atom. The number of halogens is 1. The van der Waals surface area contributed by atoms with Gasteiger partial charge >= 0.3 is 6.03 Å². The minimum atomic E-state index is -0.285. The van der Waals surface area contributed by atoms with Gasteiger partial charge < -0.3 is 5.32 Å². The summed E-state index contributed by atoms with van der Waals surface area (Å²) < 4.78 is 2.00. The van der Waals surface area contributed by atoms with E-state index < -0.39 is 0 Å². The highest BCUT2D eigenvalue weighted by Gasteiger charge is 2.05. The molecule has 0 bridgehead atoms. The van der Waals surface area contributed by atoms with Crippen molar-refractivity contribution >= 4 is 27.6 Å². The molecular formula is C10H8BrN3O. The summed E-state index contributed by atoms with van der Waals surface area (Å²) in [6.07, 6.45) is 3.16. The topological polar surface area (TPSA) is 46.9 Å². The Hall–Kier alpha value is -1.62. The van der Waals surface area contributed by atoms with Crippen LogP contribution in [0.15, 0.2) is 47.2 Å². The van der Waals surface area contributed by atoms with Crippen LogP contribution in [0.25, 0.3) is 0 Å². The minimum Gasteiger partial charge on any atom is -0.306 e. The average Bonchev–Trinajstić information content (AvgIpc) is 2.66. The molecule has 0 spiro atoms. The number of nitrogens with zero attached hydrogens (tertiary/aromatic N) is 2. The Morgan fingerprint density at radius 3 is 2.67 bits per heavy atom. The zero-order valence-electron chi connectivity index (χ0n) is 7.72. The van der Waals surface area contributed by atoms with Gasteiger partial charge in [0.2, 0.25) is 0 Å². The second-order valence-corrected chi connectivity index (χ2v) is 3.81. The second-order valence-electron chi connectivity index (χ2n) is 2.90. The van der Waals surface area contributed by atoms with Crippen LogP contribution in [0, 0.1) is 0 Å². The lowest BCUT2D eigenvalue weighted by Crippen LogP contribution is -2.19. The molecule has 0 aliphatic rings. The summed E-state index contributed by atoms with van der Waals surface area (Å²) in [6.45, 7) is 0. The Morgan fingerprint density at radius 1 is 1.33 bits per heavy atom. The van der Waals surface area contributed by atoms with E-state index in [1.807, 2.05) is 30.3 Å². The standard InChI is InChI=1S/C10H8BrN3O/c11-8-6-12-14(7-8)10(15)13-9-4-2-1-3-5-9/h1-7H,(H,13,15). The van der Waals surface area contributed by atoms with Gasteiger partial charge in [0.15, 0.2) is 0 Å². The molecule has 0 aliphatic carbocycles. The van der Waals surface area contributed by atoms with E-state index in [0.717, 1.165) is 10.2 Å². The normalized spacial score (nSPS) is 9.93. The lowest BCUT2D eigenvalue weighted by Gasteiger charge is -2.03. The molecule has 0 saturated heterocycles. The van der Waals surface area contributed by atoms with E-state index in [4.69, 9.17) is 0 Å². The molecule has 0 atom stereocenters. The lowest BCUT2D eigenvalue weighted by atomic mass is 10.3. The maximum atomic E-state index is 11.6. The van der Waals surface area contributed by atoms with E-state index in [0.29, 0.717) is 0 Å². The number of benzene rings is 1. The number of aromatic nitrogens is 2. The van der Waals surface area contributed by atoms with Gasteiger partial charge in [0.05, 0.1) is 10.7 Å². The van der Waals surface area contributed by atoms with Crippen molar-refractivity contribution in [3.05, 3.63) is 47.2 Å². The number of amides is 1. The van der Waals surface area contributed by atoms with Gasteiger partial charge in [-0.3, -0.25) is 0 Å². The molecule has 5 heteroatoms. The van der Waals surface area contributed by atoms with Gasteiger partial charge in [-0.15, -0.1) is 0 Å². The predicted octanol–water partition coefficient (Wildman–Crippen LogP) is 2.73. The summed E-state index contributed by atoms with van der Waals surface area (Å²) in [4.78, 5) is 11.6. The molecule has 0 aliphatic heterocycles. The van der Waals surface area contributed by atoms with Crippen LogP contribution in [0.2, 0.25) is 0 Å². The number of rotatable bonds is 1. The second kappa shape index (κ2) is 4.27. The smallest absolute Gasteiger partial charge is 0.306 e. The van der Waals surface area contributed by atoms with Gasteiger partial charge in [0.25, 0.3) is 0 Å². The van der Waals surface area contributed by atoms with Gasteiger partial charge in [-0.1, -0.05) is 18.2 Å². The van der Waals surface area contributed by atoms with E-state index in [1.165, 1.54) is 4.68 Å². The van der Waals surface area contributed by atoms with Gasteiger partial charge in [-0.2, -0.15) is 9.78 Å². The molecule has 0 fully saturated rings. The number of carbonyl (C=O) groups excluding carboxylic acids is 1. The number of hydrogen-bond acceptors (Lipinski definition) is 2. The molecule has 1 aromatic heterocycles. The van der Waals surface area contributed by atoms with Crippen LogP contribution < -0.4 is 5.32 Å². The van der Waals surface area contributed by atoms with E-state index in [2.05, 4.69) is 26.3 Å². The first kappa shape index (κ1) is 9.92. The lowest BCUT2D eigenvalue weighted by molar-refractivity contribution is 0.251. The van der Waals surface area contributed by atoms with Crippen molar-refractivity contribution in [1.29, 1.82) is 0 Å². The van der Waals surface area contributed by atoms with E-state index in [1.54, 1.807) is 12.4 Å². The number of para-hydroxylation sites is 1. The molecule has 4 nitrogen and oxygen atoms in total. The summed E-state index contributed by atoms with van der Waals surface area (Å²) in [5, 5.41) is 6.58. The van der Waals surface area contributed by atoms with Crippen LogP contribution in [0.1, 0.15) is 0 Å². The van der Waals surface area contributed by atoms with Crippen molar-refractivity contribution in [2.45, 2.75) is 0 Å². The minimum absolute atomic E-state index is 0.285. The molecular weight excluding hydrogens is 258 g/mol. The third-order valence-corrected chi connectivity index (χ3v) is 2.19. The van der Waals surface area contributed by atoms with Crippen molar-refractivity contribution in [3.63, 3.8) is 0 Å². The first-order valence-electron chi connectivity index (χ1n) is 4.32. The van der Waals surface area contributed by atoms with Crippen molar-refractivity contribution < 1.29 is 4.79 Å². The molecule has 0 saturated carbocycles. The monoisotopic (exact) mass is 265 g/mol. The summed E-state index contributed by atoms with van der Waals surface area (Å²) in [5.41, 5.74) is 0.745. The van der Waals surface area contributed by atoms with Crippen LogP contribution in [0.3, 0.4) is 0 Å². The average molecular weight is 266 g/mol. The maximum Gasteiger partial charge on any atom is 0.346 e. The van der Waals surface area contributed by atoms with E-state index in [9.17, 15) is 4.79 Å². The van der Waals surface area contributed by atoms with E-state index in [-0.39, 0.29) is 6.03 Å². The Bertz CT molecular complexity index is 467. The van der Waals surface area contributed by atoms with Crippen LogP contribution in [0.5, 0.6) is 0 Å². The van der Waals surface area contributed by atoms with Crippen LogP contribution in [0.4, 0.5) is 10.5 Å². The third kappa shape index (κ3) is 2.44. The van der Waals surface area contributed by atoms with E-state index >= 15 is 0 Å². The summed E-state index contributed by atoms with van der Waals surface area (Å²) >= 11 is 3.22. The van der Waals surface area contributed by atoms with Crippen molar-refractivity contribution in [3.8, 4) is 0 Å². The molecule has 0 unspecified atom stereocenters. The summed E-state index contributed by atoms with van der Waals surface area (Å²) in [5.74, 6) is 0. The summed E-state index contributed by atoms with van der Waals surface area (Å²) in [7, 11) is 0. The number of anilines is 1. The Labute approximate surface area is 95.0 Å². The largest absolute Gasteiger partial charge is 0.346 e. The first-order chi connectivity index (χ1) is 7.25. The number of carbonyl (C=O) groups is 1. The third-order valence-electron chi connectivity index (χ3n) is 1.78. The van der Waals surface area contributed by atoms with Crippen LogP contribution in [-0.2, 0) is 0 Å². The van der Waals surface area contributed by atoms with Gasteiger partial charge in [0.1, 0.15) is 0 Å². The number of nitrogens with one attached hydrogen (secondary N) is 1. The highest BCUT2D eigenvalue weighted by molar-refractivity contribution is 9.10. The molecule has 0 radical (unpaired) electrons. The summed E-state index contributed by atoms with van der Waals surface area (Å²) in [6, 6.07) is 8.95. The van der Waals surface area contributed by atoms with Crippen molar-refractivity contribution in [1.82, 2.24) is 9.78 Å². The molecule has 1 N–H and O–H groups in total. The van der Waals surface area contributed by atoms with Gasteiger partial charge in [0, 0.05) is 11.9 Å². The molecule has 1 heterocycles. The fourth-order valence-corrected chi connectivity index (χ4v) is 1.40. The Kier molecular flexibility index (Phi) is 2.82. The highest BCUT2D eigenvalue weighted by atomic mass is 79.9. The van der Waals surface area contributed by atoms with Crippen molar-refractivity contribution in [2.75, 3.05) is 5.32 Å². The molecule has 1 amide bonds. The highest BCUT2D eigenvalue weighted by Crippen LogP contribution is 2.08. The van der Waals surface area contributed by atoms with Crippen LogP contribution in [-0.4, -0.2) is 15.8 Å². The fraction of sp³-hybridized carbons (Fsp3) is 0. The quantitative estimate of drug-likeness (QED) is 0.862. The molecule has 76 valence electrons. The van der Waals surface area contributed by atoms with Crippen molar-refractivity contribution in [2.24, 2.45) is 0 Å². The zero-order chi connectivity index (χ0) is 10.7. The maximum absolute atomic E-state index is 11.6. The predicted molar refractivity (Wildman–Crippen MR) is 60.8 cm³/mol. The molecule has 1 aromatic carbocycles. The molecule has 15 heavy (non-hydrogen) atoms.